The maximum atomic E-state index is 12.4. The number of aromatic nitrogens is 3. The molecular formula is C22H18Cl2N4O3S. The summed E-state index contributed by atoms with van der Waals surface area (Å²) in [5.74, 6) is -0.0649. The summed E-state index contributed by atoms with van der Waals surface area (Å²) in [6, 6.07) is 13.2. The standard InChI is InChI=1S/C22H18Cl2N4O3S/c1-14-19(7-9-21(29)26-32(30,31)18-5-3-4-16(23)13-18)22(27(2)25-14)28-11-10-15-12-17(24)6-8-20(15)28/h3-13H,1-2H3,(H,26,29)/b9-7+. The summed E-state index contributed by atoms with van der Waals surface area (Å²) in [6.07, 6.45) is 4.60. The zero-order valence-electron chi connectivity index (χ0n) is 17.1. The molecule has 0 radical (unpaired) electrons. The van der Waals surface area contributed by atoms with Crippen LogP contribution >= 0.6 is 23.2 Å². The molecule has 0 aliphatic heterocycles. The van der Waals surface area contributed by atoms with Gasteiger partial charge >= 0.3 is 0 Å². The first kappa shape index (κ1) is 22.1. The minimum atomic E-state index is -4.05. The van der Waals surface area contributed by atoms with Crippen molar-refractivity contribution in [3.63, 3.8) is 0 Å². The first-order valence-corrected chi connectivity index (χ1v) is 11.7. The molecule has 10 heteroatoms. The van der Waals surface area contributed by atoms with Gasteiger partial charge in [0.25, 0.3) is 15.9 Å². The largest absolute Gasteiger partial charge is 0.301 e. The molecule has 0 bridgehead atoms. The molecule has 0 aliphatic rings. The predicted molar refractivity (Wildman–Crippen MR) is 126 cm³/mol. The van der Waals surface area contributed by atoms with E-state index >= 15 is 0 Å². The minimum absolute atomic E-state index is 0.0949. The number of carbonyl (C=O) groups is 1. The lowest BCUT2D eigenvalue weighted by atomic mass is 10.2. The predicted octanol–water partition coefficient (Wildman–Crippen LogP) is 4.50. The average Bonchev–Trinajstić information content (AvgIpc) is 3.24. The highest BCUT2D eigenvalue weighted by atomic mass is 35.5. The third kappa shape index (κ3) is 4.29. The lowest BCUT2D eigenvalue weighted by Crippen LogP contribution is -2.28. The second kappa shape index (κ2) is 8.46. The fourth-order valence-corrected chi connectivity index (χ4v) is 4.89. The van der Waals surface area contributed by atoms with Crippen molar-refractivity contribution in [1.29, 1.82) is 0 Å². The molecule has 0 fully saturated rings. The maximum Gasteiger partial charge on any atom is 0.264 e. The molecule has 2 aromatic heterocycles. The number of benzene rings is 2. The molecule has 1 N–H and O–H groups in total. The molecule has 0 saturated heterocycles. The van der Waals surface area contributed by atoms with Gasteiger partial charge in [0.05, 0.1) is 16.1 Å². The van der Waals surface area contributed by atoms with E-state index in [1.54, 1.807) is 29.9 Å². The Morgan fingerprint density at radius 3 is 2.59 bits per heavy atom. The van der Waals surface area contributed by atoms with Crippen molar-refractivity contribution < 1.29 is 13.2 Å². The third-order valence-corrected chi connectivity index (χ3v) is 6.68. The summed E-state index contributed by atoms with van der Waals surface area (Å²) >= 11 is 11.9. The topological polar surface area (TPSA) is 86.0 Å². The van der Waals surface area contributed by atoms with E-state index in [-0.39, 0.29) is 9.92 Å². The summed E-state index contributed by atoms with van der Waals surface area (Å²) in [4.78, 5) is 12.3. The van der Waals surface area contributed by atoms with Crippen LogP contribution in [0.3, 0.4) is 0 Å². The van der Waals surface area contributed by atoms with Gasteiger partial charge in [0.1, 0.15) is 5.82 Å². The van der Waals surface area contributed by atoms with Gasteiger partial charge in [0.15, 0.2) is 0 Å². The van der Waals surface area contributed by atoms with Gasteiger partial charge in [-0.15, -0.1) is 0 Å². The molecular weight excluding hydrogens is 471 g/mol. The van der Waals surface area contributed by atoms with Crippen LogP contribution in [0.2, 0.25) is 10.0 Å². The number of carbonyl (C=O) groups excluding carboxylic acids is 1. The first-order valence-electron chi connectivity index (χ1n) is 9.47. The maximum absolute atomic E-state index is 12.4. The summed E-state index contributed by atoms with van der Waals surface area (Å²) in [5.41, 5.74) is 2.27. The smallest absolute Gasteiger partial charge is 0.264 e. The first-order chi connectivity index (χ1) is 15.2. The van der Waals surface area contributed by atoms with Gasteiger partial charge in [0, 0.05) is 40.3 Å². The Labute approximate surface area is 194 Å². The van der Waals surface area contributed by atoms with Crippen LogP contribution in [0.25, 0.3) is 22.8 Å². The number of nitrogens with zero attached hydrogens (tertiary/aromatic N) is 3. The molecule has 32 heavy (non-hydrogen) atoms. The summed E-state index contributed by atoms with van der Waals surface area (Å²) in [5, 5.41) is 6.30. The van der Waals surface area contributed by atoms with Gasteiger partial charge in [-0.25, -0.2) is 13.1 Å². The van der Waals surface area contributed by atoms with Crippen molar-refractivity contribution in [2.75, 3.05) is 0 Å². The van der Waals surface area contributed by atoms with Crippen molar-refractivity contribution in [2.45, 2.75) is 11.8 Å². The molecule has 2 heterocycles. The van der Waals surface area contributed by atoms with Crippen LogP contribution in [-0.4, -0.2) is 28.7 Å². The zero-order valence-corrected chi connectivity index (χ0v) is 19.4. The number of hydrogen-bond donors (Lipinski definition) is 1. The monoisotopic (exact) mass is 488 g/mol. The van der Waals surface area contributed by atoms with Crippen molar-refractivity contribution in [3.05, 3.63) is 82.1 Å². The Balaban J connectivity index is 1.66. The summed E-state index contributed by atoms with van der Waals surface area (Å²) in [7, 11) is -2.25. The number of rotatable bonds is 5. The Hall–Kier alpha value is -3.07. The summed E-state index contributed by atoms with van der Waals surface area (Å²) < 4.78 is 30.6. The Morgan fingerprint density at radius 1 is 1.09 bits per heavy atom. The van der Waals surface area contributed by atoms with Gasteiger partial charge in [-0.05, 0) is 55.5 Å². The molecule has 0 unspecified atom stereocenters. The number of halogens is 2. The highest BCUT2D eigenvalue weighted by molar-refractivity contribution is 7.90. The lowest BCUT2D eigenvalue weighted by molar-refractivity contribution is -0.114. The van der Waals surface area contributed by atoms with Crippen LogP contribution in [0, 0.1) is 6.92 Å². The van der Waals surface area contributed by atoms with E-state index < -0.39 is 15.9 Å². The van der Waals surface area contributed by atoms with Crippen molar-refractivity contribution in [3.8, 4) is 5.82 Å². The second-order valence-electron chi connectivity index (χ2n) is 7.10. The second-order valence-corrected chi connectivity index (χ2v) is 9.65. The van der Waals surface area contributed by atoms with Gasteiger partial charge < -0.3 is 4.57 Å². The molecule has 0 spiro atoms. The van der Waals surface area contributed by atoms with Crippen LogP contribution in [0.5, 0.6) is 0 Å². The lowest BCUT2D eigenvalue weighted by Gasteiger charge is -2.08. The van der Waals surface area contributed by atoms with Crippen LogP contribution in [0.1, 0.15) is 11.3 Å². The summed E-state index contributed by atoms with van der Waals surface area (Å²) in [6.45, 7) is 1.81. The van der Waals surface area contributed by atoms with E-state index in [1.165, 1.54) is 18.2 Å². The van der Waals surface area contributed by atoms with E-state index in [0.717, 1.165) is 22.8 Å². The molecule has 7 nitrogen and oxygen atoms in total. The number of nitrogens with one attached hydrogen (secondary N) is 1. The van der Waals surface area contributed by atoms with Crippen LogP contribution in [0.15, 0.2) is 65.7 Å². The molecule has 4 aromatic rings. The molecule has 2 aromatic carbocycles. The molecule has 0 saturated carbocycles. The number of hydrogen-bond acceptors (Lipinski definition) is 4. The van der Waals surface area contributed by atoms with Crippen molar-refractivity contribution in [1.82, 2.24) is 19.1 Å². The highest BCUT2D eigenvalue weighted by Gasteiger charge is 2.18. The molecule has 164 valence electrons. The van der Waals surface area contributed by atoms with Gasteiger partial charge in [0.2, 0.25) is 0 Å². The molecule has 0 aliphatic carbocycles. The van der Waals surface area contributed by atoms with Gasteiger partial charge in [-0.2, -0.15) is 5.10 Å². The fourth-order valence-electron chi connectivity index (χ4n) is 3.46. The number of aryl methyl sites for hydroxylation is 2. The van der Waals surface area contributed by atoms with Crippen LogP contribution < -0.4 is 4.72 Å². The minimum Gasteiger partial charge on any atom is -0.301 e. The number of fused-ring (bicyclic) bond motifs is 1. The zero-order chi connectivity index (χ0) is 23.0. The van der Waals surface area contributed by atoms with E-state index in [2.05, 4.69) is 5.10 Å². The average molecular weight is 489 g/mol. The Morgan fingerprint density at radius 2 is 1.84 bits per heavy atom. The van der Waals surface area contributed by atoms with Gasteiger partial charge in [-0.1, -0.05) is 29.3 Å². The third-order valence-electron chi connectivity index (χ3n) is 4.86. The Bertz CT molecular complexity index is 1490. The quantitative estimate of drug-likeness (QED) is 0.419. The molecule has 0 atom stereocenters. The normalized spacial score (nSPS) is 12.0. The number of amides is 1. The fraction of sp³-hybridized carbons (Fsp3) is 0.0909. The van der Waals surface area contributed by atoms with Crippen molar-refractivity contribution in [2.24, 2.45) is 7.05 Å². The number of sulfonamides is 1. The SMILES string of the molecule is Cc1nn(C)c(-n2ccc3cc(Cl)ccc32)c1/C=C/C(=O)NS(=O)(=O)c1cccc(Cl)c1. The van der Waals surface area contributed by atoms with Crippen molar-refractivity contribution >= 4 is 56.1 Å². The van der Waals surface area contributed by atoms with Gasteiger partial charge in [-0.3, -0.25) is 9.48 Å². The van der Waals surface area contributed by atoms with E-state index in [0.29, 0.717) is 16.3 Å². The van der Waals surface area contributed by atoms with E-state index in [4.69, 9.17) is 23.2 Å². The van der Waals surface area contributed by atoms with E-state index in [1.807, 2.05) is 40.6 Å². The molecule has 4 rings (SSSR count). The van der Waals surface area contributed by atoms with E-state index in [9.17, 15) is 13.2 Å². The molecule has 1 amide bonds. The van der Waals surface area contributed by atoms with Crippen LogP contribution in [-0.2, 0) is 21.9 Å². The Kier molecular flexibility index (Phi) is 5.85. The van der Waals surface area contributed by atoms with Crippen LogP contribution in [0.4, 0.5) is 0 Å². The highest BCUT2D eigenvalue weighted by Crippen LogP contribution is 2.27.